The Labute approximate surface area is 246 Å². The Morgan fingerprint density at radius 2 is 1.79 bits per heavy atom. The van der Waals surface area contributed by atoms with Crippen molar-refractivity contribution in [2.24, 2.45) is 0 Å². The van der Waals surface area contributed by atoms with Gasteiger partial charge in [-0.3, -0.25) is 4.90 Å². The first-order valence-corrected chi connectivity index (χ1v) is 14.9. The lowest BCUT2D eigenvalue weighted by molar-refractivity contribution is -0.0592. The van der Waals surface area contributed by atoms with Crippen LogP contribution in [0, 0.1) is 18.3 Å². The highest BCUT2D eigenvalue weighted by molar-refractivity contribution is 5.90. The molecule has 7 rings (SSSR count). The number of piperidine rings is 1. The fourth-order valence-electron chi connectivity index (χ4n) is 6.30. The fourth-order valence-corrected chi connectivity index (χ4v) is 6.30. The summed E-state index contributed by atoms with van der Waals surface area (Å²) < 4.78 is 14.3. The maximum atomic E-state index is 9.47. The third-order valence-electron chi connectivity index (χ3n) is 8.79. The van der Waals surface area contributed by atoms with E-state index in [1.165, 1.54) is 11.1 Å². The van der Waals surface area contributed by atoms with Crippen LogP contribution in [0.5, 0.6) is 5.88 Å². The Morgan fingerprint density at radius 3 is 2.57 bits per heavy atom. The van der Waals surface area contributed by atoms with Crippen molar-refractivity contribution in [1.29, 1.82) is 5.26 Å². The maximum Gasteiger partial charge on any atom is 0.213 e. The summed E-state index contributed by atoms with van der Waals surface area (Å²) in [4.78, 5) is 12.5. The van der Waals surface area contributed by atoms with Crippen molar-refractivity contribution in [2.45, 2.75) is 57.9 Å². The van der Waals surface area contributed by atoms with Crippen molar-refractivity contribution in [3.63, 3.8) is 0 Å². The first-order valence-electron chi connectivity index (χ1n) is 14.9. The van der Waals surface area contributed by atoms with Crippen LogP contribution in [0.4, 0.5) is 0 Å². The molecule has 7 heteroatoms. The molecule has 0 N–H and O–H groups in total. The summed E-state index contributed by atoms with van der Waals surface area (Å²) >= 11 is 0. The summed E-state index contributed by atoms with van der Waals surface area (Å²) in [6.45, 7) is 7.17. The number of hydrogen-bond donors (Lipinski definition) is 0. The van der Waals surface area contributed by atoms with Crippen LogP contribution >= 0.6 is 0 Å². The van der Waals surface area contributed by atoms with Crippen LogP contribution in [0.3, 0.4) is 0 Å². The molecular weight excluding hydrogens is 522 g/mol. The first-order chi connectivity index (χ1) is 20.6. The molecule has 0 amide bonds. The Hall–Kier alpha value is -4.25. The van der Waals surface area contributed by atoms with Gasteiger partial charge in [0, 0.05) is 24.3 Å². The molecule has 5 aromatic rings. The van der Waals surface area contributed by atoms with E-state index in [2.05, 4.69) is 46.7 Å². The van der Waals surface area contributed by atoms with Gasteiger partial charge in [-0.05, 0) is 85.4 Å². The average molecular weight is 558 g/mol. The molecule has 3 aromatic carbocycles. The second kappa shape index (κ2) is 11.6. The van der Waals surface area contributed by atoms with E-state index in [1.807, 2.05) is 48.5 Å². The number of fused-ring (bicyclic) bond motifs is 2. The van der Waals surface area contributed by atoms with Crippen LogP contribution in [-0.4, -0.2) is 45.2 Å². The zero-order valence-corrected chi connectivity index (χ0v) is 24.0. The van der Waals surface area contributed by atoms with Crippen molar-refractivity contribution >= 4 is 21.8 Å². The number of hydrogen-bond acceptors (Lipinski definition) is 6. The monoisotopic (exact) mass is 557 g/mol. The van der Waals surface area contributed by atoms with Gasteiger partial charge in [0.05, 0.1) is 41.9 Å². The molecular formula is C35H35N5O2. The Morgan fingerprint density at radius 1 is 0.952 bits per heavy atom. The molecule has 0 radical (unpaired) electrons. The number of nitrogens with zero attached hydrogens (tertiary/aromatic N) is 5. The highest BCUT2D eigenvalue weighted by atomic mass is 16.5. The molecule has 2 aromatic heterocycles. The Balaban J connectivity index is 1.01. The predicted octanol–water partition coefficient (Wildman–Crippen LogP) is 6.51. The van der Waals surface area contributed by atoms with Crippen molar-refractivity contribution in [3.8, 4) is 11.9 Å². The van der Waals surface area contributed by atoms with E-state index < -0.39 is 0 Å². The number of benzene rings is 3. The molecule has 2 saturated heterocycles. The largest absolute Gasteiger partial charge is 0.473 e. The van der Waals surface area contributed by atoms with Crippen molar-refractivity contribution in [3.05, 3.63) is 101 Å². The lowest BCUT2D eigenvalue weighted by atomic mass is 9.93. The molecule has 1 unspecified atom stereocenters. The Kier molecular flexibility index (Phi) is 7.33. The van der Waals surface area contributed by atoms with Gasteiger partial charge >= 0.3 is 0 Å². The van der Waals surface area contributed by atoms with Gasteiger partial charge in [-0.2, -0.15) is 5.26 Å². The number of aryl methyl sites for hydroxylation is 1. The number of ether oxygens (including phenoxy) is 2. The second-order valence-electron chi connectivity index (χ2n) is 11.6. The molecule has 0 spiro atoms. The molecule has 212 valence electrons. The lowest BCUT2D eigenvalue weighted by Crippen LogP contribution is -2.35. The van der Waals surface area contributed by atoms with Crippen LogP contribution in [0.1, 0.15) is 53.4 Å². The fraction of sp³-hybridized carbons (Fsp3) is 0.343. The van der Waals surface area contributed by atoms with Gasteiger partial charge in [-0.25, -0.2) is 9.97 Å². The third-order valence-corrected chi connectivity index (χ3v) is 8.79. The van der Waals surface area contributed by atoms with E-state index >= 15 is 0 Å². The minimum Gasteiger partial charge on any atom is -0.473 e. The van der Waals surface area contributed by atoms with Crippen LogP contribution in [0.15, 0.2) is 72.8 Å². The van der Waals surface area contributed by atoms with E-state index in [1.54, 1.807) is 0 Å². The molecule has 0 aliphatic carbocycles. The summed E-state index contributed by atoms with van der Waals surface area (Å²) in [7, 11) is 0. The molecule has 0 bridgehead atoms. The van der Waals surface area contributed by atoms with E-state index in [0.29, 0.717) is 30.1 Å². The normalized spacial score (nSPS) is 17.8. The van der Waals surface area contributed by atoms with Gasteiger partial charge in [0.1, 0.15) is 12.4 Å². The third kappa shape index (κ3) is 5.36. The van der Waals surface area contributed by atoms with Gasteiger partial charge in [0.25, 0.3) is 0 Å². The minimum atomic E-state index is 0.295. The topological polar surface area (TPSA) is 76.2 Å². The number of aromatic nitrogens is 3. The van der Waals surface area contributed by atoms with Gasteiger partial charge in [-0.1, -0.05) is 42.5 Å². The van der Waals surface area contributed by atoms with Gasteiger partial charge in [-0.15, -0.1) is 0 Å². The molecule has 7 nitrogen and oxygen atoms in total. The summed E-state index contributed by atoms with van der Waals surface area (Å²) in [5.74, 6) is 2.18. The standard InChI is InChI=1S/C35H35N5O2/c1-24-9-12-32-33(19-24)40(21-28-15-18-41-28)34(37-32)22-39-16-13-25(14-17-39)31-7-4-8-35(38-31)42-23-27-11-10-26(20-36)29-5-2-3-6-30(27)29/h2-12,19,25,28H,13-18,21-23H2,1H3. The van der Waals surface area contributed by atoms with E-state index in [4.69, 9.17) is 19.4 Å². The average Bonchev–Trinajstić information content (AvgIpc) is 3.33. The minimum absolute atomic E-state index is 0.295. The van der Waals surface area contributed by atoms with Gasteiger partial charge in [0.15, 0.2) is 0 Å². The van der Waals surface area contributed by atoms with E-state index in [-0.39, 0.29) is 0 Å². The summed E-state index contributed by atoms with van der Waals surface area (Å²) in [6, 6.07) is 26.8. The maximum absolute atomic E-state index is 9.47. The first kappa shape index (κ1) is 26.6. The molecule has 2 fully saturated rings. The van der Waals surface area contributed by atoms with Gasteiger partial charge < -0.3 is 14.0 Å². The molecule has 2 aliphatic rings. The number of pyridine rings is 1. The molecule has 1 atom stereocenters. The van der Waals surface area contributed by atoms with Crippen molar-refractivity contribution in [2.75, 3.05) is 19.7 Å². The van der Waals surface area contributed by atoms with E-state index in [0.717, 1.165) is 85.4 Å². The van der Waals surface area contributed by atoms with Gasteiger partial charge in [0.2, 0.25) is 5.88 Å². The zero-order chi connectivity index (χ0) is 28.5. The quantitative estimate of drug-likeness (QED) is 0.216. The smallest absolute Gasteiger partial charge is 0.213 e. The Bertz CT molecular complexity index is 1780. The number of rotatable bonds is 8. The molecule has 0 saturated carbocycles. The highest BCUT2D eigenvalue weighted by Gasteiger charge is 2.26. The second-order valence-corrected chi connectivity index (χ2v) is 11.6. The van der Waals surface area contributed by atoms with Crippen molar-refractivity contribution in [1.82, 2.24) is 19.4 Å². The van der Waals surface area contributed by atoms with Crippen LogP contribution in [0.2, 0.25) is 0 Å². The van der Waals surface area contributed by atoms with E-state index in [9.17, 15) is 5.26 Å². The SMILES string of the molecule is Cc1ccc2nc(CN3CCC(c4cccc(OCc5ccc(C#N)c6ccccc56)n4)CC3)n(CC3CCO3)c2c1. The van der Waals surface area contributed by atoms with Crippen LogP contribution in [-0.2, 0) is 24.4 Å². The molecule has 42 heavy (non-hydrogen) atoms. The number of likely N-dealkylation sites (tertiary alicyclic amines) is 1. The lowest BCUT2D eigenvalue weighted by Gasteiger charge is -2.32. The zero-order valence-electron chi connectivity index (χ0n) is 24.0. The van der Waals surface area contributed by atoms with Crippen molar-refractivity contribution < 1.29 is 9.47 Å². The predicted molar refractivity (Wildman–Crippen MR) is 163 cm³/mol. The number of nitriles is 1. The van der Waals surface area contributed by atoms with Crippen LogP contribution < -0.4 is 4.74 Å². The molecule has 2 aliphatic heterocycles. The summed E-state index contributed by atoms with van der Waals surface area (Å²) in [6.07, 6.45) is 3.53. The summed E-state index contributed by atoms with van der Waals surface area (Å²) in [5.41, 5.74) is 6.37. The highest BCUT2D eigenvalue weighted by Crippen LogP contribution is 2.30. The summed E-state index contributed by atoms with van der Waals surface area (Å²) in [5, 5.41) is 11.5. The van der Waals surface area contributed by atoms with Crippen LogP contribution in [0.25, 0.3) is 21.8 Å². The molecule has 4 heterocycles. The number of imidazole rings is 1.